The van der Waals surface area contributed by atoms with Gasteiger partial charge in [0.25, 0.3) is 0 Å². The van der Waals surface area contributed by atoms with Crippen LogP contribution in [0.25, 0.3) is 10.9 Å². The van der Waals surface area contributed by atoms with E-state index < -0.39 is 0 Å². The zero-order valence-electron chi connectivity index (χ0n) is 21.6. The van der Waals surface area contributed by atoms with Crippen LogP contribution in [-0.2, 0) is 11.2 Å². The van der Waals surface area contributed by atoms with Gasteiger partial charge in [-0.25, -0.2) is 14.8 Å². The molecule has 0 atom stereocenters. The molecule has 1 saturated heterocycles. The van der Waals surface area contributed by atoms with Crippen molar-refractivity contribution in [3.8, 4) is 5.75 Å². The van der Waals surface area contributed by atoms with E-state index in [1.165, 1.54) is 11.1 Å². The zero-order chi connectivity index (χ0) is 25.2. The van der Waals surface area contributed by atoms with E-state index in [0.717, 1.165) is 47.3 Å². The van der Waals surface area contributed by atoms with Crippen LogP contribution < -0.4 is 10.1 Å². The fraction of sp³-hybridized carbons (Fsp3) is 0.464. The third-order valence-electron chi connectivity index (χ3n) is 6.34. The largest absolute Gasteiger partial charge is 0.491 e. The Kier molecular flexibility index (Phi) is 9.85. The molecule has 0 bridgehead atoms. The highest BCUT2D eigenvalue weighted by Gasteiger charge is 2.26. The Morgan fingerprint density at radius 2 is 1.80 bits per heavy atom. The maximum Gasteiger partial charge on any atom is 0.321 e. The third-order valence-corrected chi connectivity index (χ3v) is 6.34. The maximum absolute atomic E-state index is 12.8. The lowest BCUT2D eigenvalue weighted by Crippen LogP contribution is -2.40. The molecule has 0 spiro atoms. The molecule has 1 fully saturated rings. The number of aromatic nitrogens is 2. The summed E-state index contributed by atoms with van der Waals surface area (Å²) < 4.78 is 10.6. The lowest BCUT2D eigenvalue weighted by molar-refractivity contribution is 0.146. The SMILES string of the molecule is CC.CCc1cc2c(C3CCN(C(=O)Nc4ccc(OCCOC)cc4)CC3)ncnc2cc1C. The number of urea groups is 1. The van der Waals surface area contributed by atoms with E-state index in [1.54, 1.807) is 13.4 Å². The van der Waals surface area contributed by atoms with Crippen LogP contribution in [0.15, 0.2) is 42.7 Å². The molecule has 7 nitrogen and oxygen atoms in total. The van der Waals surface area contributed by atoms with Crippen LogP contribution in [0.1, 0.15) is 56.4 Å². The highest BCUT2D eigenvalue weighted by Crippen LogP contribution is 2.32. The molecule has 4 rings (SSSR count). The van der Waals surface area contributed by atoms with Crippen LogP contribution in [-0.4, -0.2) is 54.3 Å². The maximum atomic E-state index is 12.8. The van der Waals surface area contributed by atoms with Crippen molar-refractivity contribution in [2.75, 3.05) is 38.7 Å². The van der Waals surface area contributed by atoms with Gasteiger partial charge in [0.1, 0.15) is 18.7 Å². The van der Waals surface area contributed by atoms with E-state index in [-0.39, 0.29) is 6.03 Å². The number of hydrogen-bond donors (Lipinski definition) is 1. The number of nitrogens with one attached hydrogen (secondary N) is 1. The third kappa shape index (κ3) is 6.69. The summed E-state index contributed by atoms with van der Waals surface area (Å²) in [6.07, 6.45) is 4.45. The van der Waals surface area contributed by atoms with Gasteiger partial charge in [-0.1, -0.05) is 20.8 Å². The molecular formula is C28H38N4O3. The summed E-state index contributed by atoms with van der Waals surface area (Å²) in [6.45, 7) is 10.8. The van der Waals surface area contributed by atoms with E-state index >= 15 is 0 Å². The quantitative estimate of drug-likeness (QED) is 0.424. The summed E-state index contributed by atoms with van der Waals surface area (Å²) in [7, 11) is 1.64. The van der Waals surface area contributed by atoms with Gasteiger partial charge < -0.3 is 19.7 Å². The molecule has 0 aliphatic carbocycles. The number of amides is 2. The number of piperidine rings is 1. The van der Waals surface area contributed by atoms with Gasteiger partial charge in [0, 0.05) is 37.2 Å². The number of aryl methyl sites for hydroxylation is 2. The topological polar surface area (TPSA) is 76.6 Å². The molecule has 1 N–H and O–H groups in total. The first-order valence-corrected chi connectivity index (χ1v) is 12.6. The van der Waals surface area contributed by atoms with Crippen molar-refractivity contribution in [1.29, 1.82) is 0 Å². The Labute approximate surface area is 208 Å². The number of carbonyl (C=O) groups is 1. The Balaban J connectivity index is 0.00000167. The molecule has 3 aromatic rings. The van der Waals surface area contributed by atoms with Gasteiger partial charge >= 0.3 is 6.03 Å². The standard InChI is InChI=1S/C26H32N4O3.C2H6/c1-4-19-16-23-24(15-18(19)2)27-17-28-25(23)20-9-11-30(12-10-20)26(31)29-21-5-7-22(8-6-21)33-14-13-32-3;1-2/h5-8,15-17,20H,4,9-14H2,1-3H3,(H,29,31);1-2H3. The average molecular weight is 479 g/mol. The van der Waals surface area contributed by atoms with Crippen LogP contribution in [0.2, 0.25) is 0 Å². The number of methoxy groups -OCH3 is 1. The van der Waals surface area contributed by atoms with E-state index in [2.05, 4.69) is 41.3 Å². The molecule has 1 aliphatic rings. The lowest BCUT2D eigenvalue weighted by Gasteiger charge is -2.32. The Bertz CT molecular complexity index is 1090. The van der Waals surface area contributed by atoms with Crippen LogP contribution >= 0.6 is 0 Å². The second-order valence-electron chi connectivity index (χ2n) is 8.47. The number of benzene rings is 2. The van der Waals surface area contributed by atoms with Crippen LogP contribution in [0, 0.1) is 6.92 Å². The Hall–Kier alpha value is -3.19. The summed E-state index contributed by atoms with van der Waals surface area (Å²) in [5.74, 6) is 1.08. The van der Waals surface area contributed by atoms with Crippen molar-refractivity contribution in [3.05, 3.63) is 59.5 Å². The summed E-state index contributed by atoms with van der Waals surface area (Å²) in [6, 6.07) is 11.8. The van der Waals surface area contributed by atoms with Crippen LogP contribution in [0.3, 0.4) is 0 Å². The van der Waals surface area contributed by atoms with E-state index in [4.69, 9.17) is 9.47 Å². The molecule has 2 heterocycles. The zero-order valence-corrected chi connectivity index (χ0v) is 21.6. The first-order chi connectivity index (χ1) is 17.1. The lowest BCUT2D eigenvalue weighted by atomic mass is 9.90. The number of likely N-dealkylation sites (tertiary alicyclic amines) is 1. The van der Waals surface area contributed by atoms with Crippen molar-refractivity contribution in [2.45, 2.75) is 52.9 Å². The molecular weight excluding hydrogens is 440 g/mol. The van der Waals surface area contributed by atoms with Gasteiger partial charge in [-0.05, 0) is 73.7 Å². The van der Waals surface area contributed by atoms with Crippen LogP contribution in [0.5, 0.6) is 5.75 Å². The monoisotopic (exact) mass is 478 g/mol. The first kappa shape index (κ1) is 26.4. The van der Waals surface area contributed by atoms with Gasteiger partial charge in [-0.2, -0.15) is 0 Å². The number of rotatable bonds is 7. The number of anilines is 1. The molecule has 35 heavy (non-hydrogen) atoms. The average Bonchev–Trinajstić information content (AvgIpc) is 2.90. The van der Waals surface area contributed by atoms with E-state index in [9.17, 15) is 4.79 Å². The molecule has 7 heteroatoms. The fourth-order valence-electron chi connectivity index (χ4n) is 4.41. The molecule has 2 aromatic carbocycles. The minimum absolute atomic E-state index is 0.0714. The minimum Gasteiger partial charge on any atom is -0.491 e. The van der Waals surface area contributed by atoms with Crippen molar-refractivity contribution in [2.24, 2.45) is 0 Å². The predicted molar refractivity (Wildman–Crippen MR) is 141 cm³/mol. The predicted octanol–water partition coefficient (Wildman–Crippen LogP) is 5.96. The number of fused-ring (bicyclic) bond motifs is 1. The van der Waals surface area contributed by atoms with E-state index in [1.807, 2.05) is 43.0 Å². The van der Waals surface area contributed by atoms with Gasteiger partial charge in [0.05, 0.1) is 17.8 Å². The molecule has 1 aliphatic heterocycles. The van der Waals surface area contributed by atoms with Gasteiger partial charge in [0.15, 0.2) is 0 Å². The Morgan fingerprint density at radius 3 is 2.46 bits per heavy atom. The molecule has 2 amide bonds. The fourth-order valence-corrected chi connectivity index (χ4v) is 4.41. The van der Waals surface area contributed by atoms with Crippen molar-refractivity contribution >= 4 is 22.6 Å². The van der Waals surface area contributed by atoms with Crippen LogP contribution in [0.4, 0.5) is 10.5 Å². The normalized spacial score (nSPS) is 13.8. The molecule has 0 radical (unpaired) electrons. The number of carbonyl (C=O) groups excluding carboxylic acids is 1. The summed E-state index contributed by atoms with van der Waals surface area (Å²) in [5, 5.41) is 4.14. The molecule has 0 unspecified atom stereocenters. The Morgan fingerprint density at radius 1 is 1.09 bits per heavy atom. The summed E-state index contributed by atoms with van der Waals surface area (Å²) in [4.78, 5) is 23.8. The van der Waals surface area contributed by atoms with Gasteiger partial charge in [0.2, 0.25) is 0 Å². The number of hydrogen-bond acceptors (Lipinski definition) is 5. The van der Waals surface area contributed by atoms with Gasteiger partial charge in [-0.15, -0.1) is 0 Å². The highest BCUT2D eigenvalue weighted by atomic mass is 16.5. The first-order valence-electron chi connectivity index (χ1n) is 12.6. The molecule has 1 aromatic heterocycles. The van der Waals surface area contributed by atoms with Crippen molar-refractivity contribution in [1.82, 2.24) is 14.9 Å². The molecule has 188 valence electrons. The van der Waals surface area contributed by atoms with Crippen molar-refractivity contribution < 1.29 is 14.3 Å². The minimum atomic E-state index is -0.0714. The summed E-state index contributed by atoms with van der Waals surface area (Å²) >= 11 is 0. The second kappa shape index (κ2) is 13.0. The van der Waals surface area contributed by atoms with Crippen molar-refractivity contribution in [3.63, 3.8) is 0 Å². The smallest absolute Gasteiger partial charge is 0.321 e. The second-order valence-corrected chi connectivity index (χ2v) is 8.47. The highest BCUT2D eigenvalue weighted by molar-refractivity contribution is 5.89. The van der Waals surface area contributed by atoms with Gasteiger partial charge in [-0.3, -0.25) is 0 Å². The molecule has 0 saturated carbocycles. The number of nitrogens with zero attached hydrogens (tertiary/aromatic N) is 3. The van der Waals surface area contributed by atoms with E-state index in [0.29, 0.717) is 32.2 Å². The number of ether oxygens (including phenoxy) is 2. The summed E-state index contributed by atoms with van der Waals surface area (Å²) in [5.41, 5.74) is 5.48.